The molecule has 0 radical (unpaired) electrons. The van der Waals surface area contributed by atoms with Crippen molar-refractivity contribution >= 4 is 23.5 Å². The number of methoxy groups -OCH3 is 1. The fourth-order valence-corrected chi connectivity index (χ4v) is 2.85. The highest BCUT2D eigenvalue weighted by Gasteiger charge is 2.35. The third-order valence-electron chi connectivity index (χ3n) is 4.21. The summed E-state index contributed by atoms with van der Waals surface area (Å²) >= 11 is 0. The number of carbonyl (C=O) groups is 2. The van der Waals surface area contributed by atoms with Gasteiger partial charge in [-0.05, 0) is 25.5 Å². The van der Waals surface area contributed by atoms with Gasteiger partial charge in [0.25, 0.3) is 5.91 Å². The van der Waals surface area contributed by atoms with Crippen LogP contribution in [0.15, 0.2) is 18.2 Å². The van der Waals surface area contributed by atoms with E-state index in [0.29, 0.717) is 25.0 Å². The predicted molar refractivity (Wildman–Crippen MR) is 98.4 cm³/mol. The van der Waals surface area contributed by atoms with Gasteiger partial charge in [-0.3, -0.25) is 14.9 Å². The second kappa shape index (κ2) is 8.28. The number of rotatable bonds is 8. The minimum Gasteiger partial charge on any atom is -0.382 e. The molecule has 1 aromatic carbocycles. The van der Waals surface area contributed by atoms with E-state index >= 15 is 0 Å². The highest BCUT2D eigenvalue weighted by atomic mass is 16.5. The lowest BCUT2D eigenvalue weighted by Gasteiger charge is -2.12. The molecule has 144 valence electrons. The monoisotopic (exact) mass is 373 g/mol. The zero-order chi connectivity index (χ0) is 19.4. The number of amides is 2. The van der Waals surface area contributed by atoms with E-state index in [-0.39, 0.29) is 24.8 Å². The summed E-state index contributed by atoms with van der Waals surface area (Å²) in [5, 5.41) is 9.79. The molecule has 2 aromatic rings. The maximum atomic E-state index is 12.4. The number of carbonyl (C=O) groups excluding carboxylic acids is 2. The van der Waals surface area contributed by atoms with E-state index in [1.807, 2.05) is 32.0 Å². The SMILES string of the molecule is COCCOCc1nc2n(n1)[C@H](CC(=O)Nc1ccc(C)cc1C)C(=O)N2. The number of aromatic nitrogens is 3. The Morgan fingerprint density at radius 3 is 2.89 bits per heavy atom. The molecule has 0 saturated carbocycles. The Labute approximate surface area is 157 Å². The molecule has 0 aliphatic carbocycles. The van der Waals surface area contributed by atoms with Gasteiger partial charge in [0.1, 0.15) is 12.6 Å². The number of aryl methyl sites for hydroxylation is 2. The van der Waals surface area contributed by atoms with Gasteiger partial charge in [-0.2, -0.15) is 10.1 Å². The predicted octanol–water partition coefficient (Wildman–Crippen LogP) is 1.58. The van der Waals surface area contributed by atoms with Crippen LogP contribution < -0.4 is 10.6 Å². The van der Waals surface area contributed by atoms with Crippen LogP contribution in [-0.2, 0) is 25.7 Å². The van der Waals surface area contributed by atoms with E-state index < -0.39 is 6.04 Å². The zero-order valence-electron chi connectivity index (χ0n) is 15.6. The molecule has 0 spiro atoms. The summed E-state index contributed by atoms with van der Waals surface area (Å²) in [6.45, 7) is 5.03. The number of ether oxygens (including phenoxy) is 2. The van der Waals surface area contributed by atoms with Gasteiger partial charge in [-0.25, -0.2) is 4.68 Å². The average Bonchev–Trinajstić information content (AvgIpc) is 3.13. The third-order valence-corrected chi connectivity index (χ3v) is 4.21. The maximum absolute atomic E-state index is 12.4. The van der Waals surface area contributed by atoms with E-state index in [9.17, 15) is 9.59 Å². The summed E-state index contributed by atoms with van der Waals surface area (Å²) < 4.78 is 11.7. The molecule has 1 atom stereocenters. The Morgan fingerprint density at radius 1 is 1.33 bits per heavy atom. The van der Waals surface area contributed by atoms with Crippen molar-refractivity contribution in [1.82, 2.24) is 14.8 Å². The van der Waals surface area contributed by atoms with E-state index in [0.717, 1.165) is 16.8 Å². The van der Waals surface area contributed by atoms with Gasteiger partial charge in [0.2, 0.25) is 11.9 Å². The molecule has 0 saturated heterocycles. The molecule has 0 bridgehead atoms. The van der Waals surface area contributed by atoms with Gasteiger partial charge >= 0.3 is 0 Å². The summed E-state index contributed by atoms with van der Waals surface area (Å²) in [6, 6.07) is 5.04. The topological polar surface area (TPSA) is 107 Å². The van der Waals surface area contributed by atoms with E-state index in [4.69, 9.17) is 9.47 Å². The Balaban J connectivity index is 1.63. The van der Waals surface area contributed by atoms with Crippen molar-refractivity contribution < 1.29 is 19.1 Å². The summed E-state index contributed by atoms with van der Waals surface area (Å²) in [7, 11) is 1.59. The van der Waals surface area contributed by atoms with Crippen LogP contribution in [0.25, 0.3) is 0 Å². The Hall–Kier alpha value is -2.78. The van der Waals surface area contributed by atoms with Crippen LogP contribution in [-0.4, -0.2) is 46.9 Å². The van der Waals surface area contributed by atoms with Gasteiger partial charge in [-0.15, -0.1) is 0 Å². The highest BCUT2D eigenvalue weighted by Crippen LogP contribution is 2.26. The standard InChI is InChI=1S/C18H23N5O4/c1-11-4-5-13(12(2)8-11)19-16(24)9-14-17(25)21-18-20-15(22-23(14)18)10-27-7-6-26-3/h4-5,8,14H,6-7,9-10H2,1-3H3,(H,19,24)(H,20,21,22,25)/t14-/m1/s1. The van der Waals surface area contributed by atoms with Crippen molar-refractivity contribution in [3.63, 3.8) is 0 Å². The average molecular weight is 373 g/mol. The molecule has 1 aromatic heterocycles. The number of nitrogens with one attached hydrogen (secondary N) is 2. The Morgan fingerprint density at radius 2 is 2.15 bits per heavy atom. The van der Waals surface area contributed by atoms with Crippen LogP contribution in [0.4, 0.5) is 11.6 Å². The number of fused-ring (bicyclic) bond motifs is 1. The first-order valence-corrected chi connectivity index (χ1v) is 8.68. The largest absolute Gasteiger partial charge is 0.382 e. The molecule has 2 heterocycles. The molecule has 9 heteroatoms. The van der Waals surface area contributed by atoms with Crippen LogP contribution in [0.5, 0.6) is 0 Å². The van der Waals surface area contributed by atoms with Crippen LogP contribution in [0.2, 0.25) is 0 Å². The van der Waals surface area contributed by atoms with E-state index in [2.05, 4.69) is 20.7 Å². The molecule has 9 nitrogen and oxygen atoms in total. The summed E-state index contributed by atoms with van der Waals surface area (Å²) in [6.07, 6.45) is -0.0283. The van der Waals surface area contributed by atoms with Gasteiger partial charge < -0.3 is 14.8 Å². The third kappa shape index (κ3) is 4.50. The number of hydrogen-bond acceptors (Lipinski definition) is 6. The highest BCUT2D eigenvalue weighted by molar-refractivity contribution is 6.01. The fraction of sp³-hybridized carbons (Fsp3) is 0.444. The first kappa shape index (κ1) is 19.0. The van der Waals surface area contributed by atoms with Gasteiger partial charge in [0, 0.05) is 12.8 Å². The number of hydrogen-bond donors (Lipinski definition) is 2. The zero-order valence-corrected chi connectivity index (χ0v) is 15.6. The molecule has 3 rings (SSSR count). The van der Waals surface area contributed by atoms with Crippen LogP contribution in [0.3, 0.4) is 0 Å². The summed E-state index contributed by atoms with van der Waals surface area (Å²) in [5.41, 5.74) is 2.82. The normalized spacial score (nSPS) is 15.5. The van der Waals surface area contributed by atoms with E-state index in [1.165, 1.54) is 4.68 Å². The van der Waals surface area contributed by atoms with Crippen molar-refractivity contribution in [2.75, 3.05) is 31.0 Å². The van der Waals surface area contributed by atoms with Crippen molar-refractivity contribution in [2.24, 2.45) is 0 Å². The first-order valence-electron chi connectivity index (χ1n) is 8.68. The minimum atomic E-state index is -0.731. The molecule has 27 heavy (non-hydrogen) atoms. The molecule has 1 aliphatic heterocycles. The molecule has 1 aliphatic rings. The second-order valence-corrected chi connectivity index (χ2v) is 6.42. The van der Waals surface area contributed by atoms with Crippen LogP contribution in [0, 0.1) is 13.8 Å². The first-order chi connectivity index (χ1) is 13.0. The fourth-order valence-electron chi connectivity index (χ4n) is 2.85. The lowest BCUT2D eigenvalue weighted by Crippen LogP contribution is -2.24. The smallest absolute Gasteiger partial charge is 0.252 e. The Kier molecular flexibility index (Phi) is 5.82. The maximum Gasteiger partial charge on any atom is 0.252 e. The number of nitrogens with zero attached hydrogens (tertiary/aromatic N) is 3. The van der Waals surface area contributed by atoms with Gasteiger partial charge in [0.05, 0.1) is 19.6 Å². The molecular formula is C18H23N5O4. The van der Waals surface area contributed by atoms with Crippen molar-refractivity contribution in [3.8, 4) is 0 Å². The number of benzene rings is 1. The molecule has 0 unspecified atom stereocenters. The Bertz CT molecular complexity index is 848. The van der Waals surface area contributed by atoms with Crippen molar-refractivity contribution in [1.29, 1.82) is 0 Å². The molecule has 2 amide bonds. The summed E-state index contributed by atoms with van der Waals surface area (Å²) in [5.74, 6) is 0.214. The lowest BCUT2D eigenvalue weighted by molar-refractivity contribution is -0.123. The molecular weight excluding hydrogens is 350 g/mol. The second-order valence-electron chi connectivity index (χ2n) is 6.42. The summed E-state index contributed by atoms with van der Waals surface area (Å²) in [4.78, 5) is 28.8. The molecule has 0 fully saturated rings. The van der Waals surface area contributed by atoms with Crippen LogP contribution in [0.1, 0.15) is 29.4 Å². The van der Waals surface area contributed by atoms with Crippen LogP contribution >= 0.6 is 0 Å². The number of anilines is 2. The van der Waals surface area contributed by atoms with Gasteiger partial charge in [-0.1, -0.05) is 17.7 Å². The van der Waals surface area contributed by atoms with Gasteiger partial charge in [0.15, 0.2) is 5.82 Å². The van der Waals surface area contributed by atoms with Crippen molar-refractivity contribution in [3.05, 3.63) is 35.2 Å². The minimum absolute atomic E-state index is 0.0283. The lowest BCUT2D eigenvalue weighted by atomic mass is 10.1. The van der Waals surface area contributed by atoms with E-state index in [1.54, 1.807) is 7.11 Å². The van der Waals surface area contributed by atoms with Crippen molar-refractivity contribution in [2.45, 2.75) is 32.9 Å². The quantitative estimate of drug-likeness (QED) is 0.680. The molecule has 2 N–H and O–H groups in total.